The van der Waals surface area contributed by atoms with Gasteiger partial charge >= 0.3 is 0 Å². The van der Waals surface area contributed by atoms with E-state index in [4.69, 9.17) is 23.2 Å². The van der Waals surface area contributed by atoms with Crippen LogP contribution in [0.3, 0.4) is 0 Å². The maximum Gasteiger partial charge on any atom is 0.264 e. The van der Waals surface area contributed by atoms with E-state index in [-0.39, 0.29) is 23.3 Å². The second-order valence-corrected chi connectivity index (χ2v) is 13.3. The van der Waals surface area contributed by atoms with Crippen molar-refractivity contribution < 1.29 is 18.0 Å². The Morgan fingerprint density at radius 1 is 0.927 bits per heavy atom. The smallest absolute Gasteiger partial charge is 0.264 e. The van der Waals surface area contributed by atoms with Crippen molar-refractivity contribution in [2.24, 2.45) is 5.92 Å². The van der Waals surface area contributed by atoms with Gasteiger partial charge in [0.25, 0.3) is 10.0 Å². The fraction of sp³-hybridized carbons (Fsp3) is 0.355. The van der Waals surface area contributed by atoms with E-state index in [0.717, 1.165) is 21.0 Å². The maximum atomic E-state index is 14.1. The number of hydrogen-bond donors (Lipinski definition) is 1. The first-order valence-electron chi connectivity index (χ1n) is 13.4. The van der Waals surface area contributed by atoms with Crippen molar-refractivity contribution in [1.82, 2.24) is 10.2 Å². The highest BCUT2D eigenvalue weighted by atomic mass is 35.5. The molecule has 0 spiro atoms. The van der Waals surface area contributed by atoms with Crippen LogP contribution in [0.25, 0.3) is 0 Å². The highest BCUT2D eigenvalue weighted by Gasteiger charge is 2.33. The van der Waals surface area contributed by atoms with Crippen molar-refractivity contribution in [3.05, 3.63) is 93.0 Å². The molecule has 3 aromatic carbocycles. The first-order chi connectivity index (χ1) is 19.2. The molecule has 0 saturated carbocycles. The minimum absolute atomic E-state index is 0.0175. The summed E-state index contributed by atoms with van der Waals surface area (Å²) in [5.41, 5.74) is 3.48. The SMILES string of the molecule is Cc1ccc(S(=O)(=O)N(CC(=O)N(Cc2ccc(Cl)cc2Cl)[C@@H](C)C(=O)NCC(C)C)c2cccc(C)c2C)cc1. The van der Waals surface area contributed by atoms with E-state index in [1.807, 2.05) is 40.7 Å². The van der Waals surface area contributed by atoms with E-state index >= 15 is 0 Å². The molecule has 1 N–H and O–H groups in total. The largest absolute Gasteiger partial charge is 0.354 e. The Morgan fingerprint density at radius 3 is 2.20 bits per heavy atom. The number of sulfonamides is 1. The van der Waals surface area contributed by atoms with Crippen LogP contribution in [-0.2, 0) is 26.2 Å². The maximum absolute atomic E-state index is 14.1. The second kappa shape index (κ2) is 13.7. The third-order valence-electron chi connectivity index (χ3n) is 6.94. The third-order valence-corrected chi connectivity index (χ3v) is 9.30. The van der Waals surface area contributed by atoms with Crippen LogP contribution in [0.15, 0.2) is 65.6 Å². The highest BCUT2D eigenvalue weighted by molar-refractivity contribution is 7.92. The van der Waals surface area contributed by atoms with Gasteiger partial charge in [-0.15, -0.1) is 0 Å². The lowest BCUT2D eigenvalue weighted by molar-refractivity contribution is -0.139. The van der Waals surface area contributed by atoms with Crippen molar-refractivity contribution in [1.29, 1.82) is 0 Å². The molecule has 2 amide bonds. The van der Waals surface area contributed by atoms with Crippen LogP contribution in [0.4, 0.5) is 5.69 Å². The fourth-order valence-corrected chi connectivity index (χ4v) is 6.16. The van der Waals surface area contributed by atoms with Crippen LogP contribution < -0.4 is 9.62 Å². The van der Waals surface area contributed by atoms with Crippen molar-refractivity contribution in [2.45, 2.75) is 59.0 Å². The van der Waals surface area contributed by atoms with Crippen LogP contribution in [0.1, 0.15) is 43.0 Å². The molecular formula is C31H37Cl2N3O4S. The second-order valence-electron chi connectivity index (χ2n) is 10.6. The molecule has 0 aliphatic heterocycles. The fourth-order valence-electron chi connectivity index (χ4n) is 4.23. The summed E-state index contributed by atoms with van der Waals surface area (Å²) >= 11 is 12.5. The molecule has 3 rings (SSSR count). The van der Waals surface area contributed by atoms with Gasteiger partial charge in [0.2, 0.25) is 11.8 Å². The predicted octanol–water partition coefficient (Wildman–Crippen LogP) is 6.30. The number of rotatable bonds is 11. The minimum atomic E-state index is -4.15. The predicted molar refractivity (Wildman–Crippen MR) is 166 cm³/mol. The molecule has 0 saturated heterocycles. The molecule has 0 aliphatic rings. The van der Waals surface area contributed by atoms with Gasteiger partial charge in [0.05, 0.1) is 10.6 Å². The van der Waals surface area contributed by atoms with Crippen LogP contribution in [0.5, 0.6) is 0 Å². The number of aryl methyl sites for hydroxylation is 2. The summed E-state index contributed by atoms with van der Waals surface area (Å²) < 4.78 is 29.2. The Labute approximate surface area is 253 Å². The van der Waals surface area contributed by atoms with Crippen LogP contribution in [-0.4, -0.2) is 44.3 Å². The molecule has 0 bridgehead atoms. The Balaban J connectivity index is 2.08. The van der Waals surface area contributed by atoms with Gasteiger partial charge in [-0.1, -0.05) is 72.9 Å². The van der Waals surface area contributed by atoms with E-state index in [2.05, 4.69) is 5.32 Å². The molecule has 1 atom stereocenters. The molecular weight excluding hydrogens is 581 g/mol. The first-order valence-corrected chi connectivity index (χ1v) is 15.6. The van der Waals surface area contributed by atoms with E-state index < -0.39 is 28.5 Å². The Kier molecular flexibility index (Phi) is 10.9. The van der Waals surface area contributed by atoms with E-state index in [9.17, 15) is 18.0 Å². The molecule has 10 heteroatoms. The standard InChI is InChI=1S/C31H37Cl2N3O4S/c1-20(2)17-34-31(38)24(6)35(18-25-12-13-26(32)16-28(25)33)30(37)19-36(29-9-7-8-22(4)23(29)5)41(39,40)27-14-10-21(3)11-15-27/h7-16,20,24H,17-19H2,1-6H3,(H,34,38)/t24-/m0/s1. The van der Waals surface area contributed by atoms with Gasteiger partial charge in [-0.3, -0.25) is 13.9 Å². The summed E-state index contributed by atoms with van der Waals surface area (Å²) in [6.45, 7) is 11.0. The van der Waals surface area contributed by atoms with Crippen molar-refractivity contribution >= 4 is 50.7 Å². The zero-order valence-electron chi connectivity index (χ0n) is 24.2. The number of amides is 2. The number of nitrogens with one attached hydrogen (secondary N) is 1. The lowest BCUT2D eigenvalue weighted by Crippen LogP contribution is -2.51. The Hall–Kier alpha value is -3.07. The van der Waals surface area contributed by atoms with Gasteiger partial charge in [0.1, 0.15) is 12.6 Å². The first kappa shape index (κ1) is 32.4. The number of halogens is 2. The van der Waals surface area contributed by atoms with Crippen LogP contribution >= 0.6 is 23.2 Å². The summed E-state index contributed by atoms with van der Waals surface area (Å²) in [4.78, 5) is 28.6. The lowest BCUT2D eigenvalue weighted by Gasteiger charge is -2.33. The molecule has 0 heterocycles. The van der Waals surface area contributed by atoms with E-state index in [1.54, 1.807) is 49.4 Å². The Morgan fingerprint density at radius 2 is 1.59 bits per heavy atom. The number of benzene rings is 3. The molecule has 41 heavy (non-hydrogen) atoms. The van der Waals surface area contributed by atoms with Crippen LogP contribution in [0.2, 0.25) is 10.0 Å². The highest BCUT2D eigenvalue weighted by Crippen LogP contribution is 2.30. The van der Waals surface area contributed by atoms with Gasteiger partial charge in [-0.25, -0.2) is 8.42 Å². The summed E-state index contributed by atoms with van der Waals surface area (Å²) in [6.07, 6.45) is 0. The lowest BCUT2D eigenvalue weighted by atomic mass is 10.1. The topological polar surface area (TPSA) is 86.8 Å². The quantitative estimate of drug-likeness (QED) is 0.273. The van der Waals surface area contributed by atoms with Gasteiger partial charge < -0.3 is 10.2 Å². The van der Waals surface area contributed by atoms with Gasteiger partial charge in [0.15, 0.2) is 0 Å². The Bertz CT molecular complexity index is 1510. The molecule has 220 valence electrons. The number of hydrogen-bond acceptors (Lipinski definition) is 4. The van der Waals surface area contributed by atoms with E-state index in [0.29, 0.717) is 27.8 Å². The summed E-state index contributed by atoms with van der Waals surface area (Å²) in [5.74, 6) is -0.697. The summed E-state index contributed by atoms with van der Waals surface area (Å²) in [6, 6.07) is 15.8. The van der Waals surface area contributed by atoms with Crippen molar-refractivity contribution in [3.8, 4) is 0 Å². The average Bonchev–Trinajstić information content (AvgIpc) is 2.91. The zero-order chi connectivity index (χ0) is 30.5. The molecule has 3 aromatic rings. The van der Waals surface area contributed by atoms with Gasteiger partial charge in [-0.2, -0.15) is 0 Å². The van der Waals surface area contributed by atoms with E-state index in [1.165, 1.54) is 17.0 Å². The molecule has 0 unspecified atom stereocenters. The van der Waals surface area contributed by atoms with Crippen molar-refractivity contribution in [3.63, 3.8) is 0 Å². The minimum Gasteiger partial charge on any atom is -0.354 e. The van der Waals surface area contributed by atoms with Gasteiger partial charge in [0, 0.05) is 23.1 Å². The average molecular weight is 619 g/mol. The number of carbonyl (C=O) groups is 2. The zero-order valence-corrected chi connectivity index (χ0v) is 26.6. The van der Waals surface area contributed by atoms with Gasteiger partial charge in [-0.05, 0) is 80.6 Å². The van der Waals surface area contributed by atoms with Crippen molar-refractivity contribution in [2.75, 3.05) is 17.4 Å². The van der Waals surface area contributed by atoms with Crippen LogP contribution in [0, 0.1) is 26.7 Å². The third kappa shape index (κ3) is 8.03. The number of nitrogens with zero attached hydrogens (tertiary/aromatic N) is 2. The normalized spacial score (nSPS) is 12.2. The summed E-state index contributed by atoms with van der Waals surface area (Å²) in [5, 5.41) is 3.64. The molecule has 0 aliphatic carbocycles. The molecule has 0 radical (unpaired) electrons. The number of carbonyl (C=O) groups excluding carboxylic acids is 2. The monoisotopic (exact) mass is 617 g/mol. The number of anilines is 1. The molecule has 0 fully saturated rings. The molecule has 7 nitrogen and oxygen atoms in total. The molecule has 0 aromatic heterocycles. The summed E-state index contributed by atoms with van der Waals surface area (Å²) in [7, 11) is -4.15.